The molecule has 0 saturated heterocycles. The molecule has 0 unspecified atom stereocenters. The van der Waals surface area contributed by atoms with Gasteiger partial charge in [0.25, 0.3) is 11.8 Å². The van der Waals surface area contributed by atoms with Gasteiger partial charge in [-0.05, 0) is 102 Å². The summed E-state index contributed by atoms with van der Waals surface area (Å²) < 4.78 is 0. The maximum atomic E-state index is 13.0. The van der Waals surface area contributed by atoms with Crippen LogP contribution in [0.4, 0.5) is 11.9 Å². The fourth-order valence-electron chi connectivity index (χ4n) is 7.20. The maximum absolute atomic E-state index is 13.0. The number of nitrogens with one attached hydrogen (secondary N) is 1. The van der Waals surface area contributed by atoms with Crippen molar-refractivity contribution in [3.8, 4) is 0 Å². The van der Waals surface area contributed by atoms with Crippen molar-refractivity contribution in [1.29, 1.82) is 0 Å². The summed E-state index contributed by atoms with van der Waals surface area (Å²) in [6.45, 7) is 15.1. The van der Waals surface area contributed by atoms with Crippen LogP contribution in [-0.4, -0.2) is 97.8 Å². The van der Waals surface area contributed by atoms with Gasteiger partial charge in [0.15, 0.2) is 0 Å². The molecular formula is C40H56N10O5. The Hall–Kier alpha value is -5.44. The van der Waals surface area contributed by atoms with Crippen LogP contribution in [0.15, 0.2) is 36.4 Å². The summed E-state index contributed by atoms with van der Waals surface area (Å²) >= 11 is 0. The second-order valence-corrected chi connectivity index (χ2v) is 13.7. The summed E-state index contributed by atoms with van der Waals surface area (Å²) in [6, 6.07) is 10.9. The van der Waals surface area contributed by atoms with Crippen LogP contribution in [0.2, 0.25) is 0 Å². The van der Waals surface area contributed by atoms with Crippen molar-refractivity contribution in [2.45, 2.75) is 90.9 Å². The van der Waals surface area contributed by atoms with E-state index < -0.39 is 16.8 Å². The highest BCUT2D eigenvalue weighted by atomic mass is 16.4. The van der Waals surface area contributed by atoms with Gasteiger partial charge in [0.2, 0.25) is 17.8 Å². The van der Waals surface area contributed by atoms with Gasteiger partial charge in [-0.15, -0.1) is 0 Å². The molecule has 4 aromatic rings. The lowest BCUT2D eigenvalue weighted by Gasteiger charge is -2.40. The summed E-state index contributed by atoms with van der Waals surface area (Å²) in [5, 5.41) is 13.8. The summed E-state index contributed by atoms with van der Waals surface area (Å²) in [7, 11) is 0. The number of benzene rings is 2. The lowest BCUT2D eigenvalue weighted by atomic mass is 9.63. The topological polar surface area (TPSA) is 237 Å². The highest BCUT2D eigenvalue weighted by Gasteiger charge is 2.47. The molecule has 0 atom stereocenters. The minimum absolute atomic E-state index is 0.0346. The van der Waals surface area contributed by atoms with Gasteiger partial charge in [-0.2, -0.15) is 0 Å². The van der Waals surface area contributed by atoms with E-state index in [-0.39, 0.29) is 35.3 Å². The predicted molar refractivity (Wildman–Crippen MR) is 215 cm³/mol. The summed E-state index contributed by atoms with van der Waals surface area (Å²) in [6.07, 6.45) is 4.71. The molecule has 2 fully saturated rings. The first-order chi connectivity index (χ1) is 26.3. The Morgan fingerprint density at radius 2 is 1.05 bits per heavy atom. The standard InChI is InChI=1S/C20H27N5O2.C18H22N4O3.C2H7N/c1-4-22-18(27)20(10-7-11-20)13-8-9-15-14(12-13)16(24-19(21)23-15)17(26)25(5-2)6-3;1-3-22(4-2)15(23)14-12-10-11(18(16(24)25)8-5-9-18)6-7-13(12)20-17(19)21-14;1-2-3/h8-9,12H,4-7,10-11H2,1-3H3,(H,22,27)(H2,21,23,24);6-7,10H,3-5,8-9H2,1-2H3,(H,24,25)(H2,19,20,21);2-3H2,1H3. The Kier molecular flexibility index (Phi) is 14.0. The smallest absolute Gasteiger partial charge is 0.314 e. The summed E-state index contributed by atoms with van der Waals surface area (Å²) in [5.74, 6) is -1.06. The molecular weight excluding hydrogens is 701 g/mol. The molecule has 15 heteroatoms. The molecule has 55 heavy (non-hydrogen) atoms. The van der Waals surface area contributed by atoms with Gasteiger partial charge in [-0.3, -0.25) is 19.2 Å². The Labute approximate surface area is 322 Å². The number of hydrogen-bond acceptors (Lipinski definition) is 11. The first kappa shape index (κ1) is 42.3. The quantitative estimate of drug-likeness (QED) is 0.143. The van der Waals surface area contributed by atoms with Crippen LogP contribution in [0.25, 0.3) is 21.8 Å². The second kappa shape index (κ2) is 18.3. The number of carbonyl (C=O) groups is 4. The zero-order valence-corrected chi connectivity index (χ0v) is 32.9. The highest BCUT2D eigenvalue weighted by molar-refractivity contribution is 6.06. The van der Waals surface area contributed by atoms with Gasteiger partial charge in [-0.25, -0.2) is 19.9 Å². The number of carboxylic acid groups (broad SMARTS) is 1. The van der Waals surface area contributed by atoms with Crippen LogP contribution in [0.3, 0.4) is 0 Å². The molecule has 0 bridgehead atoms. The number of carbonyl (C=O) groups excluding carboxylic acids is 3. The Morgan fingerprint density at radius 1 is 0.673 bits per heavy atom. The number of aromatic nitrogens is 4. The van der Waals surface area contributed by atoms with E-state index in [2.05, 4.69) is 25.3 Å². The second-order valence-electron chi connectivity index (χ2n) is 13.7. The van der Waals surface area contributed by atoms with Crippen molar-refractivity contribution in [2.75, 3.05) is 50.7 Å². The number of likely N-dealkylation sites (N-methyl/N-ethyl adjacent to an activating group) is 1. The first-order valence-electron chi connectivity index (χ1n) is 19.3. The van der Waals surface area contributed by atoms with E-state index in [4.69, 9.17) is 17.2 Å². The summed E-state index contributed by atoms with van der Waals surface area (Å²) in [4.78, 5) is 70.5. The van der Waals surface area contributed by atoms with Gasteiger partial charge < -0.3 is 37.4 Å². The normalized spacial score (nSPS) is 14.9. The minimum atomic E-state index is -0.870. The van der Waals surface area contributed by atoms with E-state index in [1.165, 1.54) is 0 Å². The Bertz CT molecular complexity index is 2020. The first-order valence-corrected chi connectivity index (χ1v) is 19.3. The summed E-state index contributed by atoms with van der Waals surface area (Å²) in [5.41, 5.74) is 18.4. The molecule has 8 N–H and O–H groups in total. The van der Waals surface area contributed by atoms with Crippen LogP contribution >= 0.6 is 0 Å². The molecule has 2 heterocycles. The third kappa shape index (κ3) is 8.46. The monoisotopic (exact) mass is 756 g/mol. The van der Waals surface area contributed by atoms with Crippen LogP contribution < -0.4 is 22.5 Å². The molecule has 0 spiro atoms. The Balaban J connectivity index is 0.000000229. The van der Waals surface area contributed by atoms with Crippen LogP contribution in [-0.2, 0) is 20.4 Å². The fraction of sp³-hybridized carbons (Fsp3) is 0.500. The number of aliphatic carboxylic acids is 1. The molecule has 0 aliphatic heterocycles. The van der Waals surface area contributed by atoms with Crippen molar-refractivity contribution in [2.24, 2.45) is 5.73 Å². The molecule has 2 aromatic heterocycles. The zero-order valence-electron chi connectivity index (χ0n) is 32.9. The van der Waals surface area contributed by atoms with Crippen molar-refractivity contribution in [3.05, 3.63) is 58.9 Å². The number of fused-ring (bicyclic) bond motifs is 2. The highest BCUT2D eigenvalue weighted by Crippen LogP contribution is 2.46. The van der Waals surface area contributed by atoms with E-state index in [1.54, 1.807) is 28.0 Å². The maximum Gasteiger partial charge on any atom is 0.314 e. The number of nitrogens with two attached hydrogens (primary N) is 3. The average Bonchev–Trinajstić information content (AvgIpc) is 3.11. The number of rotatable bonds is 11. The molecule has 2 aliphatic rings. The van der Waals surface area contributed by atoms with Crippen LogP contribution in [0, 0.1) is 0 Å². The van der Waals surface area contributed by atoms with E-state index in [0.717, 1.165) is 37.8 Å². The number of amides is 3. The SMILES string of the molecule is CCN.CCN(CC)C(=O)c1nc(N)nc2ccc(C3(C(=O)O)CCC3)cc12.CCNC(=O)C1(c2ccc3nc(N)nc(C(=O)N(CC)CC)c3c2)CCC1. The minimum Gasteiger partial charge on any atom is -0.481 e. The van der Waals surface area contributed by atoms with E-state index in [9.17, 15) is 24.3 Å². The third-order valence-corrected chi connectivity index (χ3v) is 10.6. The van der Waals surface area contributed by atoms with Crippen molar-refractivity contribution in [1.82, 2.24) is 35.1 Å². The van der Waals surface area contributed by atoms with Crippen molar-refractivity contribution < 1.29 is 24.3 Å². The van der Waals surface area contributed by atoms with Gasteiger partial charge in [0.1, 0.15) is 11.4 Å². The van der Waals surface area contributed by atoms with Crippen LogP contribution in [0.1, 0.15) is 112 Å². The van der Waals surface area contributed by atoms with E-state index in [1.807, 2.05) is 59.7 Å². The molecule has 2 saturated carbocycles. The molecule has 2 aliphatic carbocycles. The lowest BCUT2D eigenvalue weighted by Crippen LogP contribution is -2.49. The number of hydrogen-bond donors (Lipinski definition) is 5. The van der Waals surface area contributed by atoms with Gasteiger partial charge in [0, 0.05) is 43.5 Å². The average molecular weight is 757 g/mol. The number of carboxylic acids is 1. The Morgan fingerprint density at radius 3 is 1.36 bits per heavy atom. The molecule has 2 aromatic carbocycles. The third-order valence-electron chi connectivity index (χ3n) is 10.6. The number of nitrogen functional groups attached to an aromatic ring is 2. The van der Waals surface area contributed by atoms with Crippen molar-refractivity contribution in [3.63, 3.8) is 0 Å². The lowest BCUT2D eigenvalue weighted by molar-refractivity contribution is -0.147. The fourth-order valence-corrected chi connectivity index (χ4v) is 7.20. The number of anilines is 2. The molecule has 6 rings (SSSR count). The molecule has 3 amide bonds. The molecule has 15 nitrogen and oxygen atoms in total. The predicted octanol–water partition coefficient (Wildman–Crippen LogP) is 4.42. The van der Waals surface area contributed by atoms with E-state index in [0.29, 0.717) is 78.6 Å². The van der Waals surface area contributed by atoms with Gasteiger partial charge >= 0.3 is 5.97 Å². The number of nitrogens with zero attached hydrogens (tertiary/aromatic N) is 6. The zero-order chi connectivity index (χ0) is 40.5. The molecule has 296 valence electrons. The van der Waals surface area contributed by atoms with Gasteiger partial charge in [-0.1, -0.05) is 31.9 Å². The van der Waals surface area contributed by atoms with E-state index >= 15 is 0 Å². The molecule has 0 radical (unpaired) electrons. The van der Waals surface area contributed by atoms with Crippen molar-refractivity contribution >= 4 is 57.4 Å². The van der Waals surface area contributed by atoms with Gasteiger partial charge in [0.05, 0.1) is 21.9 Å². The largest absolute Gasteiger partial charge is 0.481 e. The van der Waals surface area contributed by atoms with Crippen LogP contribution in [0.5, 0.6) is 0 Å².